The van der Waals surface area contributed by atoms with Crippen LogP contribution >= 0.6 is 0 Å². The topological polar surface area (TPSA) is 120 Å². The monoisotopic (exact) mass is 1410 g/mol. The molecule has 16 rings (SSSR count). The van der Waals surface area contributed by atoms with Gasteiger partial charge in [-0.05, 0) is 211 Å². The SMILES string of the molecule is Cc1c[n+](C)c(-c2c(C)ccc3c2oc2ncccc23)cc1CC(C)C.Cc1ccc2c(n1)oc1c(-c3cc(CC(C)C)c(C)c[n+]3C)c(C)ccc12.[2H]C([2H])([2H])c1c[n+](C)c(-c2c(C)ccc3c2oc2nc(C)ccc23)cc1CC(C)C.[2H]C([2H])([2H])c1c[n+](C)c(-c2c(C)ccc3c2oc2ncccc23)cc1CC(C)C. The maximum atomic E-state index is 7.99. The molecule has 540 valence electrons. The van der Waals surface area contributed by atoms with E-state index >= 15 is 0 Å². The Hall–Kier alpha value is -10.7. The standard InChI is InChI=1S/2C24H27N2O.2C23H25N2O/c2*1-14(2)11-18-12-21(26(6)13-16(18)4)22-15(3)7-9-19-20-10-8-17(5)25-24(20)27-23(19)22;2*1-14(2)11-17-12-20(25(5)13-16(17)4)21-15(3)8-9-18-19-7-6-10-24-23(19)26-22(18)21/h2*7-10,12-14H,11H2,1-6H3;2*6-10,12-14H,11H2,1-5H3/q4*+1/i4D3;;4D3;. The zero-order valence-electron chi connectivity index (χ0n) is 71.4. The van der Waals surface area contributed by atoms with E-state index in [1.165, 1.54) is 44.8 Å². The quantitative estimate of drug-likeness (QED) is 0.111. The van der Waals surface area contributed by atoms with Gasteiger partial charge in [-0.1, -0.05) is 104 Å². The van der Waals surface area contributed by atoms with Gasteiger partial charge in [0.2, 0.25) is 45.6 Å². The summed E-state index contributed by atoms with van der Waals surface area (Å²) in [6.07, 6.45) is 15.0. The summed E-state index contributed by atoms with van der Waals surface area (Å²) in [6.45, 7) is 29.9. The van der Waals surface area contributed by atoms with E-state index < -0.39 is 13.7 Å². The Bertz CT molecular complexity index is 6310. The third-order valence-corrected chi connectivity index (χ3v) is 20.4. The molecule has 0 aliphatic heterocycles. The molecule has 0 N–H and O–H groups in total. The fourth-order valence-electron chi connectivity index (χ4n) is 15.2. The number of hydrogen-bond acceptors (Lipinski definition) is 8. The van der Waals surface area contributed by atoms with Crippen LogP contribution in [0.4, 0.5) is 0 Å². The molecule has 12 nitrogen and oxygen atoms in total. The van der Waals surface area contributed by atoms with E-state index in [1.54, 1.807) is 24.8 Å². The molecule has 106 heavy (non-hydrogen) atoms. The van der Waals surface area contributed by atoms with Gasteiger partial charge in [0.1, 0.15) is 28.2 Å². The number of benzene rings is 4. The van der Waals surface area contributed by atoms with E-state index in [2.05, 4.69) is 225 Å². The van der Waals surface area contributed by atoms with Crippen LogP contribution < -0.4 is 18.3 Å². The molecule has 0 amide bonds. The van der Waals surface area contributed by atoms with E-state index in [4.69, 9.17) is 25.9 Å². The van der Waals surface area contributed by atoms with Gasteiger partial charge >= 0.3 is 0 Å². The zero-order chi connectivity index (χ0) is 80.4. The Morgan fingerprint density at radius 2 is 0.566 bits per heavy atom. The first-order chi connectivity index (χ1) is 53.0. The maximum Gasteiger partial charge on any atom is 0.227 e. The minimum atomic E-state index is -2.15. The average molecular weight is 1420 g/mol. The molecule has 0 unspecified atom stereocenters. The molecule has 0 bridgehead atoms. The van der Waals surface area contributed by atoms with Crippen molar-refractivity contribution in [1.29, 1.82) is 0 Å². The van der Waals surface area contributed by atoms with Crippen molar-refractivity contribution in [2.75, 3.05) is 0 Å². The Labute approximate surface area is 632 Å². The summed E-state index contributed by atoms with van der Waals surface area (Å²) < 4.78 is 81.0. The third-order valence-electron chi connectivity index (χ3n) is 20.4. The number of fused-ring (bicyclic) bond motifs is 12. The lowest BCUT2D eigenvalue weighted by Gasteiger charge is -2.11. The molecule has 0 fully saturated rings. The molecule has 12 heterocycles. The Morgan fingerprint density at radius 1 is 0.311 bits per heavy atom. The van der Waals surface area contributed by atoms with Gasteiger partial charge in [0.05, 0.1) is 22.3 Å². The predicted molar refractivity (Wildman–Crippen MR) is 434 cm³/mol. The fourth-order valence-corrected chi connectivity index (χ4v) is 15.2. The van der Waals surface area contributed by atoms with Crippen molar-refractivity contribution in [1.82, 2.24) is 19.9 Å². The second-order valence-corrected chi connectivity index (χ2v) is 31.0. The molecule has 0 aliphatic rings. The van der Waals surface area contributed by atoms with Gasteiger partial charge in [-0.25, -0.2) is 38.2 Å². The summed E-state index contributed by atoms with van der Waals surface area (Å²) in [7, 11) is 8.02. The van der Waals surface area contributed by atoms with Gasteiger partial charge in [0, 0.05) is 122 Å². The predicted octanol–water partition coefficient (Wildman–Crippen LogP) is 21.8. The lowest BCUT2D eigenvalue weighted by molar-refractivity contribution is -0.660. The van der Waals surface area contributed by atoms with E-state index in [0.717, 1.165) is 146 Å². The normalized spacial score (nSPS) is 12.9. The molecule has 0 aliphatic carbocycles. The summed E-state index contributed by atoms with van der Waals surface area (Å²) in [5, 5.41) is 8.40. The molecule has 4 aromatic carbocycles. The highest BCUT2D eigenvalue weighted by atomic mass is 16.4. The lowest BCUT2D eigenvalue weighted by Crippen LogP contribution is -2.32. The number of aryl methyl sites for hydroxylation is 14. The fraction of sp³-hybridized carbons (Fsp3) is 0.319. The summed E-state index contributed by atoms with van der Waals surface area (Å²) in [5.41, 5.74) is 29.1. The second-order valence-electron chi connectivity index (χ2n) is 31.0. The van der Waals surface area contributed by atoms with Gasteiger partial charge < -0.3 is 17.7 Å². The highest BCUT2D eigenvalue weighted by molar-refractivity contribution is 6.12. The van der Waals surface area contributed by atoms with E-state index in [1.807, 2.05) is 85.6 Å². The van der Waals surface area contributed by atoms with Crippen LogP contribution in [0.25, 0.3) is 133 Å². The zero-order valence-corrected chi connectivity index (χ0v) is 65.4. The molecule has 12 aromatic heterocycles. The Kier molecular flexibility index (Phi) is 18.7. The number of aromatic nitrogens is 8. The summed E-state index contributed by atoms with van der Waals surface area (Å²) in [5.74, 6) is 1.95. The highest BCUT2D eigenvalue weighted by Gasteiger charge is 2.28. The van der Waals surface area contributed by atoms with Crippen molar-refractivity contribution >= 4 is 88.3 Å². The molecular weight excluding hydrogens is 1310 g/mol. The molecule has 0 spiro atoms. The lowest BCUT2D eigenvalue weighted by atomic mass is 9.95. The minimum absolute atomic E-state index is 0.349. The second kappa shape index (κ2) is 30.0. The van der Waals surface area contributed by atoms with Crippen LogP contribution in [0.15, 0.2) is 176 Å². The average Bonchev–Trinajstić information content (AvgIpc) is 1.54. The van der Waals surface area contributed by atoms with Crippen LogP contribution in [0.3, 0.4) is 0 Å². The van der Waals surface area contributed by atoms with Crippen molar-refractivity contribution in [3.05, 3.63) is 237 Å². The first-order valence-corrected chi connectivity index (χ1v) is 37.2. The number of pyridine rings is 8. The molecular formula is C94H104N8O4+4. The first-order valence-electron chi connectivity index (χ1n) is 40.2. The Balaban J connectivity index is 0.000000131. The molecule has 0 atom stereocenters. The Morgan fingerprint density at radius 3 is 0.849 bits per heavy atom. The van der Waals surface area contributed by atoms with Gasteiger partial charge in [0.25, 0.3) is 0 Å². The highest BCUT2D eigenvalue weighted by Crippen LogP contribution is 2.42. The van der Waals surface area contributed by atoms with Crippen molar-refractivity contribution in [3.8, 4) is 45.0 Å². The van der Waals surface area contributed by atoms with E-state index in [-0.39, 0.29) is 0 Å². The van der Waals surface area contributed by atoms with Gasteiger partial charge in [-0.3, -0.25) is 0 Å². The van der Waals surface area contributed by atoms with Crippen LogP contribution in [0.1, 0.15) is 142 Å². The first kappa shape index (κ1) is 66.0. The third kappa shape index (κ3) is 14.6. The van der Waals surface area contributed by atoms with Crippen molar-refractivity contribution in [2.45, 2.75) is 150 Å². The van der Waals surface area contributed by atoms with Crippen LogP contribution in [-0.2, 0) is 53.9 Å². The number of furan rings is 4. The van der Waals surface area contributed by atoms with Crippen LogP contribution in [0.5, 0.6) is 0 Å². The van der Waals surface area contributed by atoms with E-state index in [0.29, 0.717) is 70.5 Å². The smallest absolute Gasteiger partial charge is 0.227 e. The van der Waals surface area contributed by atoms with Crippen molar-refractivity contribution < 1.29 is 44.2 Å². The molecule has 0 saturated carbocycles. The van der Waals surface area contributed by atoms with Crippen molar-refractivity contribution in [2.24, 2.45) is 51.9 Å². The maximum absolute atomic E-state index is 7.99. The van der Waals surface area contributed by atoms with Crippen LogP contribution in [0.2, 0.25) is 0 Å². The number of nitrogens with zero attached hydrogens (tertiary/aromatic N) is 8. The minimum Gasteiger partial charge on any atom is -0.437 e. The summed E-state index contributed by atoms with van der Waals surface area (Å²) in [6, 6.07) is 41.8. The molecule has 16 aromatic rings. The van der Waals surface area contributed by atoms with Gasteiger partial charge in [0.15, 0.2) is 47.1 Å². The van der Waals surface area contributed by atoms with Crippen LogP contribution in [-0.4, -0.2) is 19.9 Å². The molecule has 12 heteroatoms. The summed E-state index contributed by atoms with van der Waals surface area (Å²) in [4.78, 5) is 17.9. The van der Waals surface area contributed by atoms with E-state index in [9.17, 15) is 0 Å². The van der Waals surface area contributed by atoms with Crippen LogP contribution in [0, 0.1) is 92.8 Å². The number of hydrogen-bond donors (Lipinski definition) is 0. The summed E-state index contributed by atoms with van der Waals surface area (Å²) >= 11 is 0. The van der Waals surface area contributed by atoms with Gasteiger partial charge in [-0.2, -0.15) is 0 Å². The van der Waals surface area contributed by atoms with Gasteiger partial charge in [-0.15, -0.1) is 0 Å². The largest absolute Gasteiger partial charge is 0.437 e. The molecule has 0 radical (unpaired) electrons. The molecule has 0 saturated heterocycles. The number of rotatable bonds is 12. The van der Waals surface area contributed by atoms with Crippen molar-refractivity contribution in [3.63, 3.8) is 0 Å².